The normalized spacial score (nSPS) is 11.8. The molecule has 0 radical (unpaired) electrons. The van der Waals surface area contributed by atoms with Crippen LogP contribution in [0, 0.1) is 0 Å². The van der Waals surface area contributed by atoms with Crippen molar-refractivity contribution in [1.82, 2.24) is 4.98 Å². The summed E-state index contributed by atoms with van der Waals surface area (Å²) < 4.78 is 6.39. The zero-order valence-corrected chi connectivity index (χ0v) is 14.3. The van der Waals surface area contributed by atoms with Gasteiger partial charge in [-0.3, -0.25) is 4.79 Å². The summed E-state index contributed by atoms with van der Waals surface area (Å²) in [4.78, 5) is 21.1. The minimum atomic E-state index is -0.193. The Morgan fingerprint density at radius 2 is 2.08 bits per heavy atom. The zero-order valence-electron chi connectivity index (χ0n) is 12.0. The fourth-order valence-corrected chi connectivity index (χ4v) is 3.57. The first kappa shape index (κ1) is 15.3. The molecular formula is C17H8Cl2N2O2S. The largest absolute Gasteiger partial charge is 0.463 e. The fraction of sp³-hybridized carbons (Fsp3) is 0. The summed E-state index contributed by atoms with van der Waals surface area (Å²) in [6.07, 6.45) is 2.82. The topological polar surface area (TPSA) is 55.5 Å². The minimum absolute atomic E-state index is 0.193. The third-order valence-corrected chi connectivity index (χ3v) is 4.90. The Balaban J connectivity index is 1.77. The molecule has 4 aromatic rings. The van der Waals surface area contributed by atoms with Crippen LogP contribution < -0.4 is 5.43 Å². The van der Waals surface area contributed by atoms with Gasteiger partial charge in [0.1, 0.15) is 17.4 Å². The summed E-state index contributed by atoms with van der Waals surface area (Å²) in [7, 11) is 0. The van der Waals surface area contributed by atoms with Gasteiger partial charge < -0.3 is 4.42 Å². The number of benzene rings is 2. The Hall–Kier alpha value is -2.21. The maximum atomic E-state index is 12.5. The van der Waals surface area contributed by atoms with E-state index in [1.165, 1.54) is 23.8 Å². The lowest BCUT2D eigenvalue weighted by molar-refractivity contribution is 0.601. The Morgan fingerprint density at radius 3 is 2.92 bits per heavy atom. The van der Waals surface area contributed by atoms with E-state index < -0.39 is 0 Å². The van der Waals surface area contributed by atoms with Gasteiger partial charge >= 0.3 is 0 Å². The van der Waals surface area contributed by atoms with Crippen LogP contribution in [0.25, 0.3) is 21.2 Å². The highest BCUT2D eigenvalue weighted by molar-refractivity contribution is 7.22. The second-order valence-corrected chi connectivity index (χ2v) is 6.85. The monoisotopic (exact) mass is 374 g/mol. The number of nitrogens with zero attached hydrogens (tertiary/aromatic N) is 2. The predicted octanol–water partition coefficient (Wildman–Crippen LogP) is 5.46. The molecule has 2 heterocycles. The molecule has 2 aromatic carbocycles. The summed E-state index contributed by atoms with van der Waals surface area (Å²) in [5.74, 6) is 0. The third kappa shape index (κ3) is 2.71. The number of fused-ring (bicyclic) bond motifs is 2. The second kappa shape index (κ2) is 6.02. The van der Waals surface area contributed by atoms with Gasteiger partial charge in [-0.05, 0) is 30.3 Å². The lowest BCUT2D eigenvalue weighted by atomic mass is 10.2. The molecule has 0 atom stereocenters. The standard InChI is InChI=1S/C17H8Cl2N2O2S/c18-10-4-5-13-11(6-10)16(22)9(8-23-13)7-20-17-21-15-12(19)2-1-3-14(15)24-17/h1-8H/b20-7+. The maximum Gasteiger partial charge on any atom is 0.210 e. The van der Waals surface area contributed by atoms with Gasteiger partial charge in [0.2, 0.25) is 10.6 Å². The van der Waals surface area contributed by atoms with Crippen LogP contribution >= 0.6 is 34.5 Å². The summed E-state index contributed by atoms with van der Waals surface area (Å²) in [5.41, 5.74) is 1.32. The SMILES string of the molecule is O=c1c(/C=N/c2nc3c(Cl)cccc3s2)coc2ccc(Cl)cc12. The lowest BCUT2D eigenvalue weighted by Gasteiger charge is -1.98. The van der Waals surface area contributed by atoms with Gasteiger partial charge in [0, 0.05) is 11.2 Å². The van der Waals surface area contributed by atoms with E-state index in [0.717, 1.165) is 4.70 Å². The number of aliphatic imine (C=N–C) groups is 1. The number of thiazole rings is 1. The van der Waals surface area contributed by atoms with Gasteiger partial charge in [-0.1, -0.05) is 40.6 Å². The molecule has 0 saturated carbocycles. The molecule has 7 heteroatoms. The van der Waals surface area contributed by atoms with Crippen LogP contribution in [0.2, 0.25) is 10.0 Å². The Labute approximate surface area is 150 Å². The summed E-state index contributed by atoms with van der Waals surface area (Å²) >= 11 is 13.4. The lowest BCUT2D eigenvalue weighted by Crippen LogP contribution is -2.07. The highest BCUT2D eigenvalue weighted by Crippen LogP contribution is 2.32. The van der Waals surface area contributed by atoms with Gasteiger partial charge in [0.25, 0.3) is 0 Å². The molecule has 0 spiro atoms. The molecule has 4 rings (SSSR count). The van der Waals surface area contributed by atoms with Crippen LogP contribution in [0.4, 0.5) is 5.13 Å². The van der Waals surface area contributed by atoms with Crippen molar-refractivity contribution in [3.8, 4) is 0 Å². The maximum absolute atomic E-state index is 12.5. The van der Waals surface area contributed by atoms with Crippen LogP contribution in [0.3, 0.4) is 0 Å². The van der Waals surface area contributed by atoms with Gasteiger partial charge in [0.05, 0.1) is 20.7 Å². The average molecular weight is 375 g/mol. The molecule has 0 fully saturated rings. The van der Waals surface area contributed by atoms with E-state index in [9.17, 15) is 4.79 Å². The Kier molecular flexibility index (Phi) is 3.84. The van der Waals surface area contributed by atoms with E-state index in [0.29, 0.717) is 37.2 Å². The van der Waals surface area contributed by atoms with Crippen molar-refractivity contribution in [3.63, 3.8) is 0 Å². The van der Waals surface area contributed by atoms with Crippen LogP contribution in [0.1, 0.15) is 5.56 Å². The fourth-order valence-electron chi connectivity index (χ4n) is 2.29. The van der Waals surface area contributed by atoms with Crippen LogP contribution in [0.15, 0.2) is 56.9 Å². The van der Waals surface area contributed by atoms with Crippen molar-refractivity contribution < 1.29 is 4.42 Å². The van der Waals surface area contributed by atoms with Crippen molar-refractivity contribution in [2.75, 3.05) is 0 Å². The van der Waals surface area contributed by atoms with E-state index in [1.807, 2.05) is 12.1 Å². The van der Waals surface area contributed by atoms with E-state index in [1.54, 1.807) is 24.3 Å². The first-order valence-corrected chi connectivity index (χ1v) is 8.49. The zero-order chi connectivity index (χ0) is 16.7. The minimum Gasteiger partial charge on any atom is -0.463 e. The molecule has 118 valence electrons. The highest BCUT2D eigenvalue weighted by Gasteiger charge is 2.08. The first-order chi connectivity index (χ1) is 11.6. The molecule has 0 bridgehead atoms. The molecule has 0 amide bonds. The average Bonchev–Trinajstić information content (AvgIpc) is 2.99. The number of para-hydroxylation sites is 1. The summed E-state index contributed by atoms with van der Waals surface area (Å²) in [6.45, 7) is 0. The van der Waals surface area contributed by atoms with Crippen molar-refractivity contribution in [1.29, 1.82) is 0 Å². The number of halogens is 2. The molecular weight excluding hydrogens is 367 g/mol. The number of hydrogen-bond donors (Lipinski definition) is 0. The van der Waals surface area contributed by atoms with E-state index >= 15 is 0 Å². The smallest absolute Gasteiger partial charge is 0.210 e. The van der Waals surface area contributed by atoms with E-state index in [2.05, 4.69) is 9.98 Å². The van der Waals surface area contributed by atoms with Gasteiger partial charge in [0.15, 0.2) is 0 Å². The number of hydrogen-bond acceptors (Lipinski definition) is 5. The Morgan fingerprint density at radius 1 is 1.21 bits per heavy atom. The third-order valence-electron chi connectivity index (χ3n) is 3.43. The molecule has 4 nitrogen and oxygen atoms in total. The van der Waals surface area contributed by atoms with Gasteiger partial charge in [-0.15, -0.1) is 0 Å². The quantitative estimate of drug-likeness (QED) is 0.437. The summed E-state index contributed by atoms with van der Waals surface area (Å²) in [6, 6.07) is 10.5. The molecule has 0 aliphatic rings. The van der Waals surface area contributed by atoms with Crippen LogP contribution in [0.5, 0.6) is 0 Å². The number of aromatic nitrogens is 1. The molecule has 0 saturated heterocycles. The molecule has 24 heavy (non-hydrogen) atoms. The Bertz CT molecular complexity index is 1160. The molecule has 0 unspecified atom stereocenters. The predicted molar refractivity (Wildman–Crippen MR) is 99.4 cm³/mol. The highest BCUT2D eigenvalue weighted by atomic mass is 35.5. The second-order valence-electron chi connectivity index (χ2n) is 5.00. The van der Waals surface area contributed by atoms with E-state index in [4.69, 9.17) is 27.6 Å². The van der Waals surface area contributed by atoms with Crippen molar-refractivity contribution in [3.05, 3.63) is 68.5 Å². The van der Waals surface area contributed by atoms with Crippen molar-refractivity contribution in [2.45, 2.75) is 0 Å². The molecule has 0 aliphatic carbocycles. The van der Waals surface area contributed by atoms with Crippen LogP contribution in [-0.2, 0) is 0 Å². The van der Waals surface area contributed by atoms with E-state index in [-0.39, 0.29) is 5.43 Å². The molecule has 2 aromatic heterocycles. The van der Waals surface area contributed by atoms with Crippen LogP contribution in [-0.4, -0.2) is 11.2 Å². The molecule has 0 N–H and O–H groups in total. The first-order valence-electron chi connectivity index (χ1n) is 6.92. The molecule has 0 aliphatic heterocycles. The number of rotatable bonds is 2. The van der Waals surface area contributed by atoms with Crippen molar-refractivity contribution in [2.24, 2.45) is 4.99 Å². The van der Waals surface area contributed by atoms with Gasteiger partial charge in [-0.25, -0.2) is 9.98 Å². The van der Waals surface area contributed by atoms with Crippen molar-refractivity contribution >= 4 is 67.1 Å². The summed E-state index contributed by atoms with van der Waals surface area (Å²) in [5, 5.41) is 1.98. The van der Waals surface area contributed by atoms with Gasteiger partial charge in [-0.2, -0.15) is 0 Å².